The number of hydrogen-bond acceptors (Lipinski definition) is 3. The van der Waals surface area contributed by atoms with Gasteiger partial charge in [-0.1, -0.05) is 6.07 Å². The van der Waals surface area contributed by atoms with E-state index in [0.717, 1.165) is 11.3 Å². The van der Waals surface area contributed by atoms with Gasteiger partial charge in [0.1, 0.15) is 6.61 Å². The standard InChI is InChI=1S/C8H9NO2/c1-7-2-3-8(4-9-7)5-11-6-10/h2-4,6H,5H2,1H3. The molecule has 0 N–H and O–H groups in total. The summed E-state index contributed by atoms with van der Waals surface area (Å²) in [6.07, 6.45) is 1.69. The highest BCUT2D eigenvalue weighted by molar-refractivity contribution is 5.37. The zero-order chi connectivity index (χ0) is 8.10. The lowest BCUT2D eigenvalue weighted by atomic mass is 10.3. The fourth-order valence-corrected chi connectivity index (χ4v) is 0.714. The lowest BCUT2D eigenvalue weighted by Gasteiger charge is -1.97. The summed E-state index contributed by atoms with van der Waals surface area (Å²) in [6, 6.07) is 3.76. The Bertz CT molecular complexity index is 230. The van der Waals surface area contributed by atoms with E-state index in [1.807, 2.05) is 19.1 Å². The second-order valence-electron chi connectivity index (χ2n) is 2.22. The first kappa shape index (κ1) is 7.72. The summed E-state index contributed by atoms with van der Waals surface area (Å²) in [5.41, 5.74) is 1.86. The third-order valence-electron chi connectivity index (χ3n) is 1.29. The van der Waals surface area contributed by atoms with Crippen LogP contribution in [-0.4, -0.2) is 11.5 Å². The molecule has 0 spiro atoms. The third-order valence-corrected chi connectivity index (χ3v) is 1.29. The molecule has 3 heteroatoms. The van der Waals surface area contributed by atoms with Crippen LogP contribution < -0.4 is 0 Å². The molecule has 0 saturated carbocycles. The first-order valence-corrected chi connectivity index (χ1v) is 3.29. The van der Waals surface area contributed by atoms with Crippen molar-refractivity contribution in [2.45, 2.75) is 13.5 Å². The highest BCUT2D eigenvalue weighted by Gasteiger charge is 1.91. The van der Waals surface area contributed by atoms with E-state index in [2.05, 4.69) is 9.72 Å². The molecule has 0 aliphatic rings. The van der Waals surface area contributed by atoms with E-state index in [1.165, 1.54) is 0 Å². The van der Waals surface area contributed by atoms with E-state index in [-0.39, 0.29) is 0 Å². The molecule has 0 fully saturated rings. The van der Waals surface area contributed by atoms with Crippen molar-refractivity contribution in [2.75, 3.05) is 0 Å². The molecule has 0 atom stereocenters. The Kier molecular flexibility index (Phi) is 2.60. The average Bonchev–Trinajstić information content (AvgIpc) is 2.04. The van der Waals surface area contributed by atoms with Crippen LogP contribution in [0.3, 0.4) is 0 Å². The third kappa shape index (κ3) is 2.37. The minimum absolute atomic E-state index is 0.302. The molecular formula is C8H9NO2. The Morgan fingerprint density at radius 1 is 1.64 bits per heavy atom. The molecule has 1 heterocycles. The van der Waals surface area contributed by atoms with E-state index in [4.69, 9.17) is 0 Å². The summed E-state index contributed by atoms with van der Waals surface area (Å²) in [5, 5.41) is 0. The van der Waals surface area contributed by atoms with E-state index in [0.29, 0.717) is 13.1 Å². The predicted octanol–water partition coefficient (Wildman–Crippen LogP) is 1.06. The van der Waals surface area contributed by atoms with Gasteiger partial charge < -0.3 is 4.74 Å². The normalized spacial score (nSPS) is 9.18. The van der Waals surface area contributed by atoms with Crippen molar-refractivity contribution in [1.29, 1.82) is 0 Å². The van der Waals surface area contributed by atoms with Crippen molar-refractivity contribution in [3.05, 3.63) is 29.6 Å². The van der Waals surface area contributed by atoms with Crippen molar-refractivity contribution in [1.82, 2.24) is 4.98 Å². The van der Waals surface area contributed by atoms with Crippen LogP contribution in [0, 0.1) is 6.92 Å². The monoisotopic (exact) mass is 151 g/mol. The molecule has 0 radical (unpaired) electrons. The highest BCUT2D eigenvalue weighted by atomic mass is 16.5. The van der Waals surface area contributed by atoms with Crippen molar-refractivity contribution in [3.8, 4) is 0 Å². The predicted molar refractivity (Wildman–Crippen MR) is 39.8 cm³/mol. The maximum atomic E-state index is 9.80. The maximum absolute atomic E-state index is 9.80. The Hall–Kier alpha value is -1.38. The van der Waals surface area contributed by atoms with Gasteiger partial charge in [0.05, 0.1) is 0 Å². The van der Waals surface area contributed by atoms with Crippen molar-refractivity contribution in [2.24, 2.45) is 0 Å². The minimum Gasteiger partial charge on any atom is -0.463 e. The molecule has 58 valence electrons. The molecule has 0 amide bonds. The van der Waals surface area contributed by atoms with Gasteiger partial charge in [0.15, 0.2) is 0 Å². The number of pyridine rings is 1. The molecule has 1 aromatic heterocycles. The molecule has 0 aliphatic heterocycles. The lowest BCUT2D eigenvalue weighted by molar-refractivity contribution is -0.129. The first-order chi connectivity index (χ1) is 5.33. The second-order valence-corrected chi connectivity index (χ2v) is 2.22. The number of ether oxygens (including phenoxy) is 1. The van der Waals surface area contributed by atoms with Crippen molar-refractivity contribution >= 4 is 6.47 Å². The zero-order valence-electron chi connectivity index (χ0n) is 6.28. The number of aromatic nitrogens is 1. The molecule has 1 rings (SSSR count). The highest BCUT2D eigenvalue weighted by Crippen LogP contribution is 1.99. The van der Waals surface area contributed by atoms with Gasteiger partial charge in [-0.2, -0.15) is 0 Å². The van der Waals surface area contributed by atoms with Crippen LogP contribution in [0.1, 0.15) is 11.3 Å². The van der Waals surface area contributed by atoms with Crippen LogP contribution in [0.5, 0.6) is 0 Å². The van der Waals surface area contributed by atoms with Gasteiger partial charge >= 0.3 is 0 Å². The van der Waals surface area contributed by atoms with Crippen LogP contribution >= 0.6 is 0 Å². The fourth-order valence-electron chi connectivity index (χ4n) is 0.714. The van der Waals surface area contributed by atoms with E-state index in [1.54, 1.807) is 6.20 Å². The van der Waals surface area contributed by atoms with Crippen LogP contribution in [0.15, 0.2) is 18.3 Å². The molecule has 0 unspecified atom stereocenters. The number of rotatable bonds is 3. The first-order valence-electron chi connectivity index (χ1n) is 3.29. The molecule has 0 bridgehead atoms. The van der Waals surface area contributed by atoms with Crippen molar-refractivity contribution in [3.63, 3.8) is 0 Å². The largest absolute Gasteiger partial charge is 0.463 e. The second kappa shape index (κ2) is 3.71. The summed E-state index contributed by atoms with van der Waals surface area (Å²) < 4.78 is 4.54. The van der Waals surface area contributed by atoms with Gasteiger partial charge in [0, 0.05) is 17.5 Å². The summed E-state index contributed by atoms with van der Waals surface area (Å²) in [4.78, 5) is 13.8. The van der Waals surface area contributed by atoms with Gasteiger partial charge in [-0.3, -0.25) is 9.78 Å². The van der Waals surface area contributed by atoms with Gasteiger partial charge in [-0.15, -0.1) is 0 Å². The van der Waals surface area contributed by atoms with Gasteiger partial charge in [0.2, 0.25) is 0 Å². The summed E-state index contributed by atoms with van der Waals surface area (Å²) in [7, 11) is 0. The number of hydrogen-bond donors (Lipinski definition) is 0. The summed E-state index contributed by atoms with van der Waals surface area (Å²) >= 11 is 0. The quantitative estimate of drug-likeness (QED) is 0.606. The number of aryl methyl sites for hydroxylation is 1. The number of nitrogens with zero attached hydrogens (tertiary/aromatic N) is 1. The molecule has 3 nitrogen and oxygen atoms in total. The van der Waals surface area contributed by atoms with Gasteiger partial charge in [-0.25, -0.2) is 0 Å². The molecular weight excluding hydrogens is 142 g/mol. The van der Waals surface area contributed by atoms with E-state index >= 15 is 0 Å². The van der Waals surface area contributed by atoms with Crippen molar-refractivity contribution < 1.29 is 9.53 Å². The number of carbonyl (C=O) groups is 1. The maximum Gasteiger partial charge on any atom is 0.293 e. The summed E-state index contributed by atoms with van der Waals surface area (Å²) in [5.74, 6) is 0. The van der Waals surface area contributed by atoms with Crippen LogP contribution in [0.4, 0.5) is 0 Å². The molecule has 0 aromatic carbocycles. The Morgan fingerprint density at radius 2 is 2.45 bits per heavy atom. The van der Waals surface area contributed by atoms with Gasteiger partial charge in [-0.05, 0) is 13.0 Å². The Morgan fingerprint density at radius 3 is 3.00 bits per heavy atom. The summed E-state index contributed by atoms with van der Waals surface area (Å²) in [6.45, 7) is 2.64. The lowest BCUT2D eigenvalue weighted by Crippen LogP contribution is -1.91. The van der Waals surface area contributed by atoms with Crippen LogP contribution in [0.2, 0.25) is 0 Å². The number of carbonyl (C=O) groups excluding carboxylic acids is 1. The minimum atomic E-state index is 0.302. The topological polar surface area (TPSA) is 39.2 Å². The van der Waals surface area contributed by atoms with E-state index in [9.17, 15) is 4.79 Å². The molecule has 11 heavy (non-hydrogen) atoms. The molecule has 1 aromatic rings. The smallest absolute Gasteiger partial charge is 0.293 e. The van der Waals surface area contributed by atoms with Gasteiger partial charge in [0.25, 0.3) is 6.47 Å². The van der Waals surface area contributed by atoms with Crippen LogP contribution in [0.25, 0.3) is 0 Å². The average molecular weight is 151 g/mol. The van der Waals surface area contributed by atoms with E-state index < -0.39 is 0 Å². The fraction of sp³-hybridized carbons (Fsp3) is 0.250. The SMILES string of the molecule is Cc1ccc(COC=O)cn1. The molecule has 0 saturated heterocycles. The molecule has 0 aliphatic carbocycles. The Balaban J connectivity index is 2.58. The zero-order valence-corrected chi connectivity index (χ0v) is 6.28. The van der Waals surface area contributed by atoms with Crippen LogP contribution in [-0.2, 0) is 16.1 Å². The Labute approximate surface area is 65.0 Å².